The summed E-state index contributed by atoms with van der Waals surface area (Å²) in [5, 5.41) is 17.1. The topological polar surface area (TPSA) is 61.4 Å². The molecule has 1 amide bonds. The Bertz CT molecular complexity index is 700. The third kappa shape index (κ3) is 5.08. The van der Waals surface area contributed by atoms with Gasteiger partial charge in [-0.25, -0.2) is 0 Å². The quantitative estimate of drug-likeness (QED) is 0.653. The van der Waals surface area contributed by atoms with Gasteiger partial charge in [0.1, 0.15) is 0 Å². The highest BCUT2D eigenvalue weighted by Gasteiger charge is 2.29. The standard InChI is InChI=1S/C21H25BrN2O2/c22-16-11-13-18(14-12-16)23-19(15-7-3-1-4-8-15)20(25)21(26)24-17-9-5-2-6-10-17/h1,3-4,7-8,11-14,17,19-20,23,25H,2,5-6,9-10H2,(H,24,26)/t19-,20+/m1/s1. The first-order valence-electron chi connectivity index (χ1n) is 9.19. The lowest BCUT2D eigenvalue weighted by Gasteiger charge is -2.28. The fourth-order valence-corrected chi connectivity index (χ4v) is 3.68. The number of carbonyl (C=O) groups excluding carboxylic acids is 1. The summed E-state index contributed by atoms with van der Waals surface area (Å²) in [5.41, 5.74) is 1.73. The molecule has 0 bridgehead atoms. The molecule has 1 aliphatic rings. The highest BCUT2D eigenvalue weighted by Crippen LogP contribution is 2.25. The number of amides is 1. The SMILES string of the molecule is O=C(NC1CCCCC1)[C@@H](O)[C@H](Nc1ccc(Br)cc1)c1ccccc1. The van der Waals surface area contributed by atoms with Gasteiger partial charge < -0.3 is 15.7 Å². The van der Waals surface area contributed by atoms with Crippen LogP contribution in [0.1, 0.15) is 43.7 Å². The summed E-state index contributed by atoms with van der Waals surface area (Å²) in [6.45, 7) is 0. The minimum atomic E-state index is -1.16. The van der Waals surface area contributed by atoms with Crippen molar-refractivity contribution in [2.45, 2.75) is 50.3 Å². The van der Waals surface area contributed by atoms with Crippen molar-refractivity contribution >= 4 is 27.5 Å². The van der Waals surface area contributed by atoms with E-state index >= 15 is 0 Å². The second-order valence-corrected chi connectivity index (χ2v) is 7.74. The Morgan fingerprint density at radius 3 is 2.31 bits per heavy atom. The van der Waals surface area contributed by atoms with Crippen molar-refractivity contribution in [3.8, 4) is 0 Å². The second-order valence-electron chi connectivity index (χ2n) is 6.83. The van der Waals surface area contributed by atoms with Crippen LogP contribution in [0.4, 0.5) is 5.69 Å². The molecule has 26 heavy (non-hydrogen) atoms. The molecule has 0 spiro atoms. The van der Waals surface area contributed by atoms with Gasteiger partial charge in [0.15, 0.2) is 6.10 Å². The smallest absolute Gasteiger partial charge is 0.251 e. The summed E-state index contributed by atoms with van der Waals surface area (Å²) >= 11 is 3.42. The van der Waals surface area contributed by atoms with Gasteiger partial charge >= 0.3 is 0 Å². The van der Waals surface area contributed by atoms with E-state index in [1.165, 1.54) is 6.42 Å². The van der Waals surface area contributed by atoms with E-state index in [2.05, 4.69) is 26.6 Å². The number of carbonyl (C=O) groups is 1. The third-order valence-electron chi connectivity index (χ3n) is 4.86. The highest BCUT2D eigenvalue weighted by molar-refractivity contribution is 9.10. The minimum absolute atomic E-state index is 0.176. The predicted molar refractivity (Wildman–Crippen MR) is 108 cm³/mol. The molecule has 3 rings (SSSR count). The monoisotopic (exact) mass is 416 g/mol. The number of halogens is 1. The van der Waals surface area contributed by atoms with Crippen molar-refractivity contribution in [1.82, 2.24) is 5.32 Å². The van der Waals surface area contributed by atoms with Crippen molar-refractivity contribution in [2.75, 3.05) is 5.32 Å². The first-order chi connectivity index (χ1) is 12.6. The van der Waals surface area contributed by atoms with E-state index in [1.807, 2.05) is 54.6 Å². The molecule has 5 heteroatoms. The molecule has 2 aromatic carbocycles. The average Bonchev–Trinajstić information content (AvgIpc) is 2.68. The minimum Gasteiger partial charge on any atom is -0.381 e. The first kappa shape index (κ1) is 18.9. The summed E-state index contributed by atoms with van der Waals surface area (Å²) in [6.07, 6.45) is 4.33. The Kier molecular flexibility index (Phi) is 6.69. The van der Waals surface area contributed by atoms with Crippen molar-refractivity contribution < 1.29 is 9.90 Å². The van der Waals surface area contributed by atoms with E-state index in [0.717, 1.165) is 41.4 Å². The van der Waals surface area contributed by atoms with E-state index in [1.54, 1.807) is 0 Å². The molecule has 0 heterocycles. The number of aliphatic hydroxyl groups excluding tert-OH is 1. The maximum atomic E-state index is 12.7. The molecule has 1 saturated carbocycles. The lowest BCUT2D eigenvalue weighted by Crippen LogP contribution is -2.45. The van der Waals surface area contributed by atoms with Crippen LogP contribution in [0.3, 0.4) is 0 Å². The zero-order valence-electron chi connectivity index (χ0n) is 14.7. The van der Waals surface area contributed by atoms with E-state index < -0.39 is 12.1 Å². The Balaban J connectivity index is 1.75. The number of aliphatic hydroxyl groups is 1. The molecule has 1 aliphatic carbocycles. The van der Waals surface area contributed by atoms with Crippen LogP contribution in [0.25, 0.3) is 0 Å². The summed E-state index contributed by atoms with van der Waals surface area (Å²) < 4.78 is 0.981. The zero-order valence-corrected chi connectivity index (χ0v) is 16.3. The van der Waals surface area contributed by atoms with Crippen molar-refractivity contribution in [3.05, 3.63) is 64.6 Å². The van der Waals surface area contributed by atoms with E-state index in [9.17, 15) is 9.90 Å². The molecule has 2 aromatic rings. The third-order valence-corrected chi connectivity index (χ3v) is 5.39. The summed E-state index contributed by atoms with van der Waals surface area (Å²) in [7, 11) is 0. The predicted octanol–water partition coefficient (Wildman–Crippen LogP) is 4.41. The van der Waals surface area contributed by atoms with Crippen LogP contribution in [-0.2, 0) is 4.79 Å². The molecule has 4 nitrogen and oxygen atoms in total. The molecule has 0 unspecified atom stereocenters. The van der Waals surface area contributed by atoms with Crippen LogP contribution in [0, 0.1) is 0 Å². The number of anilines is 1. The summed E-state index contributed by atoms with van der Waals surface area (Å²) in [5.74, 6) is -0.310. The Hall–Kier alpha value is -1.85. The normalized spacial score (nSPS) is 17.3. The van der Waals surface area contributed by atoms with Crippen LogP contribution in [-0.4, -0.2) is 23.2 Å². The van der Waals surface area contributed by atoms with Crippen LogP contribution in [0.5, 0.6) is 0 Å². The van der Waals surface area contributed by atoms with Gasteiger partial charge in [-0.15, -0.1) is 0 Å². The van der Waals surface area contributed by atoms with Crippen molar-refractivity contribution in [3.63, 3.8) is 0 Å². The van der Waals surface area contributed by atoms with E-state index in [-0.39, 0.29) is 11.9 Å². The maximum absolute atomic E-state index is 12.7. The maximum Gasteiger partial charge on any atom is 0.251 e. The molecular weight excluding hydrogens is 392 g/mol. The molecule has 0 aliphatic heterocycles. The van der Waals surface area contributed by atoms with Gasteiger partial charge in [-0.2, -0.15) is 0 Å². The average molecular weight is 417 g/mol. The van der Waals surface area contributed by atoms with Gasteiger partial charge in [0, 0.05) is 16.2 Å². The van der Waals surface area contributed by atoms with E-state index in [0.29, 0.717) is 0 Å². The van der Waals surface area contributed by atoms with Crippen LogP contribution < -0.4 is 10.6 Å². The van der Waals surface area contributed by atoms with Gasteiger partial charge in [-0.1, -0.05) is 65.5 Å². The molecule has 1 fully saturated rings. The zero-order chi connectivity index (χ0) is 18.4. The molecule has 2 atom stereocenters. The molecule has 0 saturated heterocycles. The second kappa shape index (κ2) is 9.19. The largest absolute Gasteiger partial charge is 0.381 e. The van der Waals surface area contributed by atoms with Gasteiger partial charge in [0.2, 0.25) is 0 Å². The fraction of sp³-hybridized carbons (Fsp3) is 0.381. The van der Waals surface area contributed by atoms with Crippen molar-refractivity contribution in [1.29, 1.82) is 0 Å². The molecule has 0 radical (unpaired) electrons. The molecular formula is C21H25BrN2O2. The molecule has 0 aromatic heterocycles. The lowest BCUT2D eigenvalue weighted by atomic mass is 9.94. The summed E-state index contributed by atoms with van der Waals surface area (Å²) in [6, 6.07) is 17.0. The Morgan fingerprint density at radius 1 is 1.00 bits per heavy atom. The fourth-order valence-electron chi connectivity index (χ4n) is 3.42. The number of nitrogens with one attached hydrogen (secondary N) is 2. The van der Waals surface area contributed by atoms with Gasteiger partial charge in [0.05, 0.1) is 6.04 Å². The van der Waals surface area contributed by atoms with Crippen LogP contribution in [0.2, 0.25) is 0 Å². The first-order valence-corrected chi connectivity index (χ1v) is 9.98. The Morgan fingerprint density at radius 2 is 1.65 bits per heavy atom. The highest BCUT2D eigenvalue weighted by atomic mass is 79.9. The lowest BCUT2D eigenvalue weighted by molar-refractivity contribution is -0.131. The van der Waals surface area contributed by atoms with Crippen LogP contribution >= 0.6 is 15.9 Å². The van der Waals surface area contributed by atoms with Crippen molar-refractivity contribution in [2.24, 2.45) is 0 Å². The number of benzene rings is 2. The van der Waals surface area contributed by atoms with Crippen LogP contribution in [0.15, 0.2) is 59.1 Å². The number of rotatable bonds is 6. The van der Waals surface area contributed by atoms with Gasteiger partial charge in [0.25, 0.3) is 5.91 Å². The number of hydrogen-bond donors (Lipinski definition) is 3. The Labute approximate surface area is 163 Å². The summed E-state index contributed by atoms with van der Waals surface area (Å²) in [4.78, 5) is 12.7. The van der Waals surface area contributed by atoms with Gasteiger partial charge in [-0.3, -0.25) is 4.79 Å². The van der Waals surface area contributed by atoms with Gasteiger partial charge in [-0.05, 0) is 42.7 Å². The molecule has 3 N–H and O–H groups in total. The number of hydrogen-bond acceptors (Lipinski definition) is 3. The molecule has 138 valence electrons. The van der Waals surface area contributed by atoms with E-state index in [4.69, 9.17) is 0 Å².